The Morgan fingerprint density at radius 2 is 1.70 bits per heavy atom. The highest BCUT2D eigenvalue weighted by Crippen LogP contribution is 2.27. The monoisotopic (exact) mass is 397 g/mol. The predicted molar refractivity (Wildman–Crippen MR) is 117 cm³/mol. The number of morpholine rings is 1. The van der Waals surface area contributed by atoms with Gasteiger partial charge < -0.3 is 15.0 Å². The molecule has 0 aromatic heterocycles. The van der Waals surface area contributed by atoms with Crippen molar-refractivity contribution >= 4 is 17.3 Å². The molecule has 3 aromatic carbocycles. The van der Waals surface area contributed by atoms with E-state index in [9.17, 15) is 10.1 Å². The third kappa shape index (κ3) is 4.51. The van der Waals surface area contributed by atoms with Gasteiger partial charge in [-0.2, -0.15) is 5.26 Å². The molecule has 5 nitrogen and oxygen atoms in total. The van der Waals surface area contributed by atoms with E-state index >= 15 is 0 Å². The fourth-order valence-electron chi connectivity index (χ4n) is 3.59. The van der Waals surface area contributed by atoms with Crippen molar-refractivity contribution in [1.82, 2.24) is 4.90 Å². The quantitative estimate of drug-likeness (QED) is 0.695. The lowest BCUT2D eigenvalue weighted by atomic mass is 10.00. The van der Waals surface area contributed by atoms with E-state index < -0.39 is 0 Å². The summed E-state index contributed by atoms with van der Waals surface area (Å²) in [5.74, 6) is 0.0204. The normalized spacial score (nSPS) is 13.5. The molecule has 0 aliphatic carbocycles. The summed E-state index contributed by atoms with van der Waals surface area (Å²) < 4.78 is 5.32. The van der Waals surface area contributed by atoms with Crippen LogP contribution in [0.2, 0.25) is 0 Å². The fraction of sp³-hybridized carbons (Fsp3) is 0.200. The van der Waals surface area contributed by atoms with Crippen LogP contribution in [0.25, 0.3) is 0 Å². The van der Waals surface area contributed by atoms with Gasteiger partial charge in [0, 0.05) is 24.3 Å². The van der Waals surface area contributed by atoms with Gasteiger partial charge in [-0.3, -0.25) is 4.79 Å². The zero-order chi connectivity index (χ0) is 20.8. The number of amides is 1. The number of benzene rings is 3. The molecule has 1 fully saturated rings. The predicted octanol–water partition coefficient (Wildman–Crippen LogP) is 4.37. The third-order valence-electron chi connectivity index (χ3n) is 5.21. The number of carbonyl (C=O) groups is 1. The van der Waals surface area contributed by atoms with Crippen molar-refractivity contribution in [3.8, 4) is 6.07 Å². The van der Waals surface area contributed by atoms with Crippen LogP contribution < -0.4 is 5.32 Å². The van der Waals surface area contributed by atoms with Crippen molar-refractivity contribution in [3.63, 3.8) is 0 Å². The number of carbonyl (C=O) groups excluding carboxylic acids is 1. The van der Waals surface area contributed by atoms with Crippen molar-refractivity contribution in [2.24, 2.45) is 0 Å². The van der Waals surface area contributed by atoms with Gasteiger partial charge in [-0.15, -0.1) is 0 Å². The van der Waals surface area contributed by atoms with Gasteiger partial charge in [-0.25, -0.2) is 0 Å². The number of rotatable bonds is 5. The average molecular weight is 397 g/mol. The molecule has 4 rings (SSSR count). The minimum atomic E-state index is 0.0204. The minimum Gasteiger partial charge on any atom is -0.378 e. The van der Waals surface area contributed by atoms with Gasteiger partial charge in [0.25, 0.3) is 5.91 Å². The summed E-state index contributed by atoms with van der Waals surface area (Å²) in [6, 6.07) is 25.6. The van der Waals surface area contributed by atoms with Crippen LogP contribution in [0, 0.1) is 11.3 Å². The Hall–Kier alpha value is -3.62. The molecule has 0 radical (unpaired) electrons. The lowest BCUT2D eigenvalue weighted by Gasteiger charge is -2.26. The molecule has 0 atom stereocenters. The molecule has 0 spiro atoms. The topological polar surface area (TPSA) is 65.4 Å². The Morgan fingerprint density at radius 3 is 2.40 bits per heavy atom. The Bertz CT molecular complexity index is 1050. The van der Waals surface area contributed by atoms with E-state index in [2.05, 4.69) is 23.5 Å². The van der Waals surface area contributed by atoms with Gasteiger partial charge in [0.2, 0.25) is 0 Å². The van der Waals surface area contributed by atoms with Crippen LogP contribution in [0.4, 0.5) is 11.4 Å². The number of ether oxygens (including phenoxy) is 1. The molecule has 0 bridgehead atoms. The lowest BCUT2D eigenvalue weighted by Crippen LogP contribution is -2.40. The molecule has 150 valence electrons. The van der Waals surface area contributed by atoms with E-state index in [-0.39, 0.29) is 5.91 Å². The Labute approximate surface area is 176 Å². The van der Waals surface area contributed by atoms with Crippen molar-refractivity contribution in [2.75, 3.05) is 31.6 Å². The molecule has 0 saturated carbocycles. The highest BCUT2D eigenvalue weighted by Gasteiger charge is 2.18. The van der Waals surface area contributed by atoms with Crippen molar-refractivity contribution < 1.29 is 9.53 Å². The van der Waals surface area contributed by atoms with E-state index in [4.69, 9.17) is 4.74 Å². The molecule has 1 saturated heterocycles. The van der Waals surface area contributed by atoms with E-state index in [1.165, 1.54) is 5.56 Å². The number of anilines is 2. The second-order valence-corrected chi connectivity index (χ2v) is 7.22. The summed E-state index contributed by atoms with van der Waals surface area (Å²) in [6.45, 7) is 2.41. The smallest absolute Gasteiger partial charge is 0.254 e. The standard InChI is InChI=1S/C25H23N3O2/c26-18-22-8-4-7-21(17-19-5-2-1-3-6-19)24(22)27-23-11-9-20(10-12-23)25(29)28-13-15-30-16-14-28/h1-12,27H,13-17H2. The first-order valence-corrected chi connectivity index (χ1v) is 10.0. The highest BCUT2D eigenvalue weighted by atomic mass is 16.5. The maximum Gasteiger partial charge on any atom is 0.254 e. The first-order valence-electron chi connectivity index (χ1n) is 10.0. The molecule has 30 heavy (non-hydrogen) atoms. The largest absolute Gasteiger partial charge is 0.378 e. The van der Waals surface area contributed by atoms with Crippen LogP contribution in [0.15, 0.2) is 72.8 Å². The third-order valence-corrected chi connectivity index (χ3v) is 5.21. The molecular formula is C25H23N3O2. The molecule has 1 aliphatic rings. The van der Waals surface area contributed by atoms with E-state index in [0.29, 0.717) is 37.4 Å². The maximum atomic E-state index is 12.6. The molecular weight excluding hydrogens is 374 g/mol. The Morgan fingerprint density at radius 1 is 0.967 bits per heavy atom. The average Bonchev–Trinajstić information content (AvgIpc) is 2.81. The molecule has 1 amide bonds. The molecule has 1 aliphatic heterocycles. The summed E-state index contributed by atoms with van der Waals surface area (Å²) in [6.07, 6.45) is 0.728. The summed E-state index contributed by atoms with van der Waals surface area (Å²) in [4.78, 5) is 14.4. The van der Waals surface area contributed by atoms with Crippen molar-refractivity contribution in [2.45, 2.75) is 6.42 Å². The second kappa shape index (κ2) is 9.25. The van der Waals surface area contributed by atoms with Crippen LogP contribution in [-0.4, -0.2) is 37.1 Å². The number of hydrogen-bond donors (Lipinski definition) is 1. The molecule has 0 unspecified atom stereocenters. The Kier molecular flexibility index (Phi) is 6.07. The first kappa shape index (κ1) is 19.7. The van der Waals surface area contributed by atoms with Crippen LogP contribution in [-0.2, 0) is 11.2 Å². The van der Waals surface area contributed by atoms with Crippen LogP contribution >= 0.6 is 0 Å². The van der Waals surface area contributed by atoms with Crippen LogP contribution in [0.3, 0.4) is 0 Å². The first-order chi connectivity index (χ1) is 14.7. The number of para-hydroxylation sites is 1. The summed E-state index contributed by atoms with van der Waals surface area (Å²) >= 11 is 0. The molecule has 5 heteroatoms. The van der Waals surface area contributed by atoms with Gasteiger partial charge in [0.1, 0.15) is 6.07 Å². The van der Waals surface area contributed by atoms with Gasteiger partial charge in [0.05, 0.1) is 24.5 Å². The summed E-state index contributed by atoms with van der Waals surface area (Å²) in [5.41, 5.74) is 5.12. The maximum absolute atomic E-state index is 12.6. The summed E-state index contributed by atoms with van der Waals surface area (Å²) in [5, 5.41) is 13.0. The van der Waals surface area contributed by atoms with Crippen LogP contribution in [0.5, 0.6) is 0 Å². The van der Waals surface area contributed by atoms with Gasteiger partial charge in [-0.05, 0) is 47.9 Å². The zero-order valence-corrected chi connectivity index (χ0v) is 16.7. The summed E-state index contributed by atoms with van der Waals surface area (Å²) in [7, 11) is 0. The molecule has 3 aromatic rings. The number of nitrogens with one attached hydrogen (secondary N) is 1. The molecule has 1 N–H and O–H groups in total. The van der Waals surface area contributed by atoms with Gasteiger partial charge in [0.15, 0.2) is 0 Å². The van der Waals surface area contributed by atoms with Crippen molar-refractivity contribution in [3.05, 3.63) is 95.1 Å². The highest BCUT2D eigenvalue weighted by molar-refractivity contribution is 5.94. The molecule has 1 heterocycles. The van der Waals surface area contributed by atoms with Gasteiger partial charge in [-0.1, -0.05) is 42.5 Å². The fourth-order valence-corrected chi connectivity index (χ4v) is 3.59. The number of nitriles is 1. The van der Waals surface area contributed by atoms with Crippen molar-refractivity contribution in [1.29, 1.82) is 5.26 Å². The minimum absolute atomic E-state index is 0.0204. The van der Waals surface area contributed by atoms with E-state index in [1.54, 1.807) is 0 Å². The van der Waals surface area contributed by atoms with E-state index in [1.807, 2.05) is 65.6 Å². The number of nitrogens with zero attached hydrogens (tertiary/aromatic N) is 2. The SMILES string of the molecule is N#Cc1cccc(Cc2ccccc2)c1Nc1ccc(C(=O)N2CCOCC2)cc1. The zero-order valence-electron chi connectivity index (χ0n) is 16.7. The second-order valence-electron chi connectivity index (χ2n) is 7.22. The lowest BCUT2D eigenvalue weighted by molar-refractivity contribution is 0.0303. The van der Waals surface area contributed by atoms with Gasteiger partial charge >= 0.3 is 0 Å². The number of hydrogen-bond acceptors (Lipinski definition) is 4. The Balaban J connectivity index is 1.55. The van der Waals surface area contributed by atoms with E-state index in [0.717, 1.165) is 23.4 Å². The van der Waals surface area contributed by atoms with Crippen LogP contribution in [0.1, 0.15) is 27.0 Å².